The van der Waals surface area contributed by atoms with Crippen LogP contribution < -0.4 is 10.6 Å². The van der Waals surface area contributed by atoms with E-state index in [2.05, 4.69) is 10.6 Å². The maximum Gasteiger partial charge on any atom is 0.315 e. The van der Waals surface area contributed by atoms with Gasteiger partial charge in [0.15, 0.2) is 0 Å². The van der Waals surface area contributed by atoms with E-state index < -0.39 is 5.97 Å². The van der Waals surface area contributed by atoms with Crippen molar-refractivity contribution in [2.24, 2.45) is 5.92 Å². The number of urea groups is 1. The zero-order chi connectivity index (χ0) is 14.3. The van der Waals surface area contributed by atoms with E-state index in [0.29, 0.717) is 19.5 Å². The second kappa shape index (κ2) is 7.78. The molecule has 1 atom stereocenters. The van der Waals surface area contributed by atoms with Gasteiger partial charge >= 0.3 is 12.0 Å². The maximum absolute atomic E-state index is 11.6. The van der Waals surface area contributed by atoms with E-state index in [9.17, 15) is 9.59 Å². The molecule has 0 spiro atoms. The summed E-state index contributed by atoms with van der Waals surface area (Å²) in [6.45, 7) is 4.94. The molecule has 0 saturated heterocycles. The summed E-state index contributed by atoms with van der Waals surface area (Å²) in [5, 5.41) is 18.2. The number of hydrogen-bond donors (Lipinski definition) is 3. The molecule has 1 aromatic rings. The van der Waals surface area contributed by atoms with Crippen molar-refractivity contribution in [2.75, 3.05) is 6.54 Å². The minimum absolute atomic E-state index is 0.137. The quantitative estimate of drug-likeness (QED) is 0.719. The van der Waals surface area contributed by atoms with Crippen molar-refractivity contribution in [1.29, 1.82) is 0 Å². The van der Waals surface area contributed by atoms with Crippen molar-refractivity contribution in [1.82, 2.24) is 10.6 Å². The molecule has 1 aromatic heterocycles. The largest absolute Gasteiger partial charge is 0.481 e. The van der Waals surface area contributed by atoms with Gasteiger partial charge in [-0.3, -0.25) is 4.79 Å². The monoisotopic (exact) mass is 284 g/mol. The molecule has 1 heterocycles. The minimum Gasteiger partial charge on any atom is -0.481 e. The second-order valence-corrected chi connectivity index (χ2v) is 5.42. The van der Waals surface area contributed by atoms with Crippen molar-refractivity contribution in [3.8, 4) is 0 Å². The van der Waals surface area contributed by atoms with Gasteiger partial charge in [0.25, 0.3) is 0 Å². The van der Waals surface area contributed by atoms with Crippen molar-refractivity contribution in [2.45, 2.75) is 33.2 Å². The van der Waals surface area contributed by atoms with E-state index in [1.807, 2.05) is 24.6 Å². The first kappa shape index (κ1) is 15.5. The number of carboxylic acids is 1. The summed E-state index contributed by atoms with van der Waals surface area (Å²) in [4.78, 5) is 22.0. The molecular weight excluding hydrogens is 264 g/mol. The van der Waals surface area contributed by atoms with E-state index in [0.717, 1.165) is 5.56 Å². The van der Waals surface area contributed by atoms with Gasteiger partial charge in [-0.2, -0.15) is 11.3 Å². The number of aliphatic carboxylic acids is 1. The molecule has 0 fully saturated rings. The van der Waals surface area contributed by atoms with E-state index in [1.54, 1.807) is 11.3 Å². The summed E-state index contributed by atoms with van der Waals surface area (Å²) in [6.07, 6.45) is 0.706. The van der Waals surface area contributed by atoms with Gasteiger partial charge in [-0.05, 0) is 41.1 Å². The Bertz CT molecular complexity index is 431. The van der Waals surface area contributed by atoms with Crippen molar-refractivity contribution in [3.05, 3.63) is 21.9 Å². The highest BCUT2D eigenvalue weighted by Crippen LogP contribution is 2.12. The van der Waals surface area contributed by atoms with Gasteiger partial charge in [0, 0.05) is 19.5 Å². The number of aryl methyl sites for hydroxylation is 1. The Morgan fingerprint density at radius 2 is 2.11 bits per heavy atom. The zero-order valence-corrected chi connectivity index (χ0v) is 12.0. The molecule has 0 aromatic carbocycles. The topological polar surface area (TPSA) is 78.4 Å². The SMILES string of the molecule is Cc1cscc1CNC(=O)NCC(C)CCC(=O)O. The van der Waals surface area contributed by atoms with Gasteiger partial charge in [0.1, 0.15) is 0 Å². The van der Waals surface area contributed by atoms with E-state index in [1.165, 1.54) is 5.56 Å². The molecule has 0 saturated carbocycles. The normalized spacial score (nSPS) is 11.9. The van der Waals surface area contributed by atoms with Gasteiger partial charge in [-0.15, -0.1) is 0 Å². The molecule has 3 N–H and O–H groups in total. The summed E-state index contributed by atoms with van der Waals surface area (Å²) >= 11 is 1.62. The number of carbonyl (C=O) groups is 2. The Morgan fingerprint density at radius 3 is 2.68 bits per heavy atom. The van der Waals surface area contributed by atoms with E-state index >= 15 is 0 Å². The van der Waals surface area contributed by atoms with Crippen molar-refractivity contribution in [3.63, 3.8) is 0 Å². The van der Waals surface area contributed by atoms with Crippen LogP contribution in [-0.2, 0) is 11.3 Å². The number of rotatable bonds is 7. The highest BCUT2D eigenvalue weighted by Gasteiger charge is 2.08. The van der Waals surface area contributed by atoms with Crippen LogP contribution in [0.3, 0.4) is 0 Å². The fraction of sp³-hybridized carbons (Fsp3) is 0.538. The number of carbonyl (C=O) groups excluding carboxylic acids is 1. The van der Waals surface area contributed by atoms with Crippen LogP contribution >= 0.6 is 11.3 Å². The first-order valence-electron chi connectivity index (χ1n) is 6.24. The van der Waals surface area contributed by atoms with Crippen LogP contribution in [0.25, 0.3) is 0 Å². The summed E-state index contributed by atoms with van der Waals surface area (Å²) in [5.41, 5.74) is 2.30. The van der Waals surface area contributed by atoms with Gasteiger partial charge in [0.05, 0.1) is 0 Å². The molecular formula is C13H20N2O3S. The standard InChI is InChI=1S/C13H20N2O3S/c1-9(3-4-12(16)17)5-14-13(18)15-6-11-8-19-7-10(11)2/h7-9H,3-6H2,1-2H3,(H,16,17)(H2,14,15,18). The van der Waals surface area contributed by atoms with Crippen molar-refractivity contribution >= 4 is 23.3 Å². The molecule has 5 nitrogen and oxygen atoms in total. The maximum atomic E-state index is 11.6. The summed E-state index contributed by atoms with van der Waals surface area (Å²) in [7, 11) is 0. The van der Waals surface area contributed by atoms with Crippen LogP contribution in [0.2, 0.25) is 0 Å². The molecule has 106 valence electrons. The van der Waals surface area contributed by atoms with Gasteiger partial charge in [-0.1, -0.05) is 6.92 Å². The molecule has 2 amide bonds. The summed E-state index contributed by atoms with van der Waals surface area (Å²) < 4.78 is 0. The average molecular weight is 284 g/mol. The number of amides is 2. The lowest BCUT2D eigenvalue weighted by Crippen LogP contribution is -2.37. The van der Waals surface area contributed by atoms with E-state index in [4.69, 9.17) is 5.11 Å². The highest BCUT2D eigenvalue weighted by molar-refractivity contribution is 7.08. The fourth-order valence-electron chi connectivity index (χ4n) is 1.54. The highest BCUT2D eigenvalue weighted by atomic mass is 32.1. The molecule has 1 unspecified atom stereocenters. The van der Waals surface area contributed by atoms with Crippen LogP contribution in [0, 0.1) is 12.8 Å². The Morgan fingerprint density at radius 1 is 1.37 bits per heavy atom. The summed E-state index contributed by atoms with van der Waals surface area (Å²) in [6, 6.07) is -0.215. The molecule has 0 aliphatic heterocycles. The van der Waals surface area contributed by atoms with Crippen LogP contribution in [0.1, 0.15) is 30.9 Å². The molecule has 0 radical (unpaired) electrons. The van der Waals surface area contributed by atoms with Crippen LogP contribution in [0.5, 0.6) is 0 Å². The second-order valence-electron chi connectivity index (χ2n) is 4.68. The minimum atomic E-state index is -0.802. The molecule has 0 aliphatic rings. The van der Waals surface area contributed by atoms with Gasteiger partial charge < -0.3 is 15.7 Å². The Labute approximate surface area is 117 Å². The molecule has 0 aliphatic carbocycles. The number of thiophene rings is 1. The Balaban J connectivity index is 2.17. The van der Waals surface area contributed by atoms with E-state index in [-0.39, 0.29) is 18.4 Å². The molecule has 0 bridgehead atoms. The number of hydrogen-bond acceptors (Lipinski definition) is 3. The van der Waals surface area contributed by atoms with Crippen LogP contribution in [0.4, 0.5) is 4.79 Å². The predicted octanol–water partition coefficient (Wildman–Crippen LogP) is 2.36. The lowest BCUT2D eigenvalue weighted by atomic mass is 10.1. The third kappa shape index (κ3) is 6.24. The Hall–Kier alpha value is -1.56. The number of nitrogens with one attached hydrogen (secondary N) is 2. The van der Waals surface area contributed by atoms with Crippen LogP contribution in [-0.4, -0.2) is 23.7 Å². The average Bonchev–Trinajstić information content (AvgIpc) is 2.77. The molecule has 19 heavy (non-hydrogen) atoms. The smallest absolute Gasteiger partial charge is 0.315 e. The first-order chi connectivity index (χ1) is 8.99. The summed E-state index contributed by atoms with van der Waals surface area (Å²) in [5.74, 6) is -0.644. The van der Waals surface area contributed by atoms with Gasteiger partial charge in [-0.25, -0.2) is 4.79 Å². The third-order valence-electron chi connectivity index (χ3n) is 2.86. The lowest BCUT2D eigenvalue weighted by Gasteiger charge is -2.12. The first-order valence-corrected chi connectivity index (χ1v) is 7.18. The number of carboxylic acid groups (broad SMARTS) is 1. The van der Waals surface area contributed by atoms with Crippen molar-refractivity contribution < 1.29 is 14.7 Å². The Kier molecular flexibility index (Phi) is 6.35. The van der Waals surface area contributed by atoms with Crippen LogP contribution in [0.15, 0.2) is 10.8 Å². The fourth-order valence-corrected chi connectivity index (χ4v) is 2.40. The molecule has 1 rings (SSSR count). The zero-order valence-electron chi connectivity index (χ0n) is 11.2. The lowest BCUT2D eigenvalue weighted by molar-refractivity contribution is -0.137. The predicted molar refractivity (Wildman–Crippen MR) is 75.3 cm³/mol. The molecule has 6 heteroatoms. The third-order valence-corrected chi connectivity index (χ3v) is 3.77. The van der Waals surface area contributed by atoms with Gasteiger partial charge in [0.2, 0.25) is 0 Å².